The summed E-state index contributed by atoms with van der Waals surface area (Å²) in [5.41, 5.74) is -1.23. The Hall–Kier alpha value is -1.06. The fourth-order valence-electron chi connectivity index (χ4n) is 2.64. The van der Waals surface area contributed by atoms with Crippen LogP contribution < -0.4 is 5.73 Å². The minimum Gasteiger partial charge on any atom is -0.308 e. The fourth-order valence-corrected chi connectivity index (χ4v) is 5.09. The molecular formula is C11H6Cl2F8N4O3S2. The molecule has 1 saturated carbocycles. The summed E-state index contributed by atoms with van der Waals surface area (Å²) in [6.45, 7) is 0. The highest BCUT2D eigenvalue weighted by atomic mass is 35.5. The summed E-state index contributed by atoms with van der Waals surface area (Å²) in [6.07, 6.45) is -2.64. The topological polar surface area (TPSA) is 122 Å². The van der Waals surface area contributed by atoms with Crippen molar-refractivity contribution in [3.05, 3.63) is 11.9 Å². The monoisotopic (exact) mass is 528 g/mol. The van der Waals surface area contributed by atoms with Crippen LogP contribution in [0.3, 0.4) is 0 Å². The molecule has 4 atom stereocenters. The number of nitriles is 1. The number of halogens is 10. The number of thioether (sulfide) groups is 1. The van der Waals surface area contributed by atoms with Crippen LogP contribution in [0.5, 0.6) is 0 Å². The molecule has 4 unspecified atom stereocenters. The van der Waals surface area contributed by atoms with Gasteiger partial charge in [-0.1, -0.05) is 23.2 Å². The molecule has 19 heteroatoms. The molecule has 1 heterocycles. The Kier molecular flexibility index (Phi) is 5.64. The Morgan fingerprint density at radius 3 is 2.17 bits per heavy atom. The normalized spacial score (nSPS) is 37.0. The average molecular weight is 529 g/mol. The van der Waals surface area contributed by atoms with Crippen LogP contribution in [0.1, 0.15) is 12.1 Å². The molecule has 1 fully saturated rings. The van der Waals surface area contributed by atoms with Crippen molar-refractivity contribution < 1.29 is 48.1 Å². The van der Waals surface area contributed by atoms with E-state index < -0.39 is 75.9 Å². The maximum atomic E-state index is 15.7. The van der Waals surface area contributed by atoms with Crippen molar-refractivity contribution in [3.8, 4) is 6.07 Å². The molecule has 1 aromatic heterocycles. The van der Waals surface area contributed by atoms with E-state index in [9.17, 15) is 39.2 Å². The number of rotatable bonds is 3. The lowest BCUT2D eigenvalue weighted by molar-refractivity contribution is -0.274. The quantitative estimate of drug-likeness (QED) is 0.203. The average Bonchev–Trinajstić information content (AvgIpc) is 2.91. The molecule has 0 spiro atoms. The van der Waals surface area contributed by atoms with Gasteiger partial charge in [0.15, 0.2) is 10.7 Å². The third-order valence-electron chi connectivity index (χ3n) is 4.05. The first-order valence-electron chi connectivity index (χ1n) is 6.93. The molecule has 30 heavy (non-hydrogen) atoms. The standard InChI is InChI=1S/C11H6Cl2F8N4O3S2/c12-6(23)3-7(14,30(26,27)28)9(16,17)8(13,15)10(6,18)25-2-5(4(1-22)24-25)29-11(19,20)21/h2H,3,23H2,(H,26,27,28). The second-order valence-electron chi connectivity index (χ2n) is 5.96. The van der Waals surface area contributed by atoms with Gasteiger partial charge in [0.2, 0.25) is 0 Å². The molecule has 7 nitrogen and oxygen atoms in total. The smallest absolute Gasteiger partial charge is 0.308 e. The number of hydrogen-bond donors (Lipinski definition) is 2. The van der Waals surface area contributed by atoms with E-state index >= 15 is 4.39 Å². The molecule has 3 N–H and O–H groups in total. The van der Waals surface area contributed by atoms with E-state index in [1.165, 1.54) is 0 Å². The third kappa shape index (κ3) is 3.23. The van der Waals surface area contributed by atoms with Crippen LogP contribution in [-0.2, 0) is 15.9 Å². The summed E-state index contributed by atoms with van der Waals surface area (Å²) >= 11 is 9.20. The lowest BCUT2D eigenvalue weighted by atomic mass is 9.81. The van der Waals surface area contributed by atoms with Gasteiger partial charge in [0.1, 0.15) is 6.07 Å². The van der Waals surface area contributed by atoms with Gasteiger partial charge < -0.3 is 5.73 Å². The van der Waals surface area contributed by atoms with Gasteiger partial charge in [0, 0.05) is 12.6 Å². The van der Waals surface area contributed by atoms with E-state index in [1.54, 1.807) is 0 Å². The van der Waals surface area contributed by atoms with Gasteiger partial charge in [-0.2, -0.15) is 40.7 Å². The van der Waals surface area contributed by atoms with E-state index in [4.69, 9.17) is 38.8 Å². The second-order valence-corrected chi connectivity index (χ2v) is 9.86. The van der Waals surface area contributed by atoms with Gasteiger partial charge in [0.25, 0.3) is 5.79 Å². The number of alkyl halides is 10. The van der Waals surface area contributed by atoms with Crippen LogP contribution in [0, 0.1) is 11.3 Å². The Labute approximate surface area is 175 Å². The van der Waals surface area contributed by atoms with Crippen molar-refractivity contribution in [2.45, 2.75) is 43.7 Å². The zero-order chi connectivity index (χ0) is 23.8. The molecule has 0 aliphatic heterocycles. The maximum Gasteiger partial charge on any atom is 0.446 e. The summed E-state index contributed by atoms with van der Waals surface area (Å²) in [5.74, 6) is -11.0. The summed E-state index contributed by atoms with van der Waals surface area (Å²) in [4.78, 5) is -5.12. The minimum atomic E-state index is -6.55. The zero-order valence-corrected chi connectivity index (χ0v) is 16.7. The molecule has 0 radical (unpaired) electrons. The third-order valence-corrected chi connectivity index (χ3v) is 6.89. The van der Waals surface area contributed by atoms with Crippen molar-refractivity contribution in [3.63, 3.8) is 0 Å². The molecule has 0 amide bonds. The molecule has 1 aromatic rings. The predicted octanol–water partition coefficient (Wildman–Crippen LogP) is 3.38. The first-order chi connectivity index (χ1) is 13.1. The van der Waals surface area contributed by atoms with Gasteiger partial charge in [-0.15, -0.1) is 0 Å². The van der Waals surface area contributed by atoms with Crippen LogP contribution in [0.15, 0.2) is 11.1 Å². The Balaban J connectivity index is 2.82. The van der Waals surface area contributed by atoms with E-state index in [-0.39, 0.29) is 6.20 Å². The van der Waals surface area contributed by atoms with Gasteiger partial charge in [-0.05, 0) is 11.8 Å². The van der Waals surface area contributed by atoms with Gasteiger partial charge in [0.05, 0.1) is 4.90 Å². The molecule has 0 saturated heterocycles. The van der Waals surface area contributed by atoms with Gasteiger partial charge >= 0.3 is 31.7 Å². The van der Waals surface area contributed by atoms with Crippen LogP contribution in [-0.4, -0.2) is 49.3 Å². The van der Waals surface area contributed by atoms with Gasteiger partial charge in [-0.25, -0.2) is 17.9 Å². The SMILES string of the molecule is N#Cc1nn(C2(F)C(N)(Cl)CC(F)(S(=O)(=O)O)C(F)(F)C2(F)Cl)cc1SC(F)(F)F. The van der Waals surface area contributed by atoms with E-state index in [0.29, 0.717) is 0 Å². The maximum absolute atomic E-state index is 15.7. The minimum absolute atomic E-state index is 0.105. The van der Waals surface area contributed by atoms with Crippen LogP contribution in [0.25, 0.3) is 0 Å². The Bertz CT molecular complexity index is 1020. The molecule has 0 bridgehead atoms. The number of hydrogen-bond acceptors (Lipinski definition) is 6. The van der Waals surface area contributed by atoms with E-state index in [0.717, 1.165) is 6.07 Å². The zero-order valence-electron chi connectivity index (χ0n) is 13.6. The summed E-state index contributed by atoms with van der Waals surface area (Å²) in [7, 11) is -6.55. The molecule has 0 aromatic carbocycles. The van der Waals surface area contributed by atoms with Gasteiger partial charge in [-0.3, -0.25) is 4.55 Å². The lowest BCUT2D eigenvalue weighted by Crippen LogP contribution is -2.80. The Morgan fingerprint density at radius 1 is 1.27 bits per heavy atom. The van der Waals surface area contributed by atoms with E-state index in [1.807, 2.05) is 0 Å². The highest BCUT2D eigenvalue weighted by Gasteiger charge is 2.90. The van der Waals surface area contributed by atoms with Crippen LogP contribution >= 0.6 is 35.0 Å². The molecule has 2 rings (SSSR count). The number of nitrogens with two attached hydrogens (primary N) is 1. The van der Waals surface area contributed by atoms with Crippen molar-refractivity contribution in [2.75, 3.05) is 0 Å². The second kappa shape index (κ2) is 6.72. The molecule has 1 aliphatic rings. The van der Waals surface area contributed by atoms with Crippen molar-refractivity contribution >= 4 is 45.1 Å². The predicted molar refractivity (Wildman–Crippen MR) is 85.4 cm³/mol. The highest BCUT2D eigenvalue weighted by Crippen LogP contribution is 2.66. The molecule has 170 valence electrons. The van der Waals surface area contributed by atoms with Crippen LogP contribution in [0.2, 0.25) is 0 Å². The van der Waals surface area contributed by atoms with E-state index in [2.05, 4.69) is 5.10 Å². The molecular weight excluding hydrogens is 523 g/mol. The Morgan fingerprint density at radius 2 is 1.77 bits per heavy atom. The van der Waals surface area contributed by atoms with Crippen molar-refractivity contribution in [1.82, 2.24) is 9.78 Å². The first kappa shape index (κ1) is 25.2. The highest BCUT2D eigenvalue weighted by molar-refractivity contribution is 8.00. The van der Waals surface area contributed by atoms with Crippen molar-refractivity contribution in [1.29, 1.82) is 5.26 Å². The summed E-state index contributed by atoms with van der Waals surface area (Å²) < 4.78 is 142. The first-order valence-corrected chi connectivity index (χ1v) is 9.94. The summed E-state index contributed by atoms with van der Waals surface area (Å²) in [5, 5.41) is 0.794. The lowest BCUT2D eigenvalue weighted by Gasteiger charge is -2.54. The molecule has 1 aliphatic carbocycles. The summed E-state index contributed by atoms with van der Waals surface area (Å²) in [6, 6.07) is 1.04. The van der Waals surface area contributed by atoms with Crippen LogP contribution in [0.4, 0.5) is 35.1 Å². The fraction of sp³-hybridized carbons (Fsp3) is 0.636. The number of nitrogens with zero attached hydrogens (tertiary/aromatic N) is 3. The largest absolute Gasteiger partial charge is 0.446 e. The van der Waals surface area contributed by atoms with Crippen molar-refractivity contribution in [2.24, 2.45) is 5.73 Å². The number of aromatic nitrogens is 2.